The highest BCUT2D eigenvalue weighted by Gasteiger charge is 2.51. The minimum atomic E-state index is -0.524. The molecule has 0 radical (unpaired) electrons. The molecule has 0 saturated heterocycles. The fraction of sp³-hybridized carbons (Fsp3) is 0.0312. The van der Waals surface area contributed by atoms with Crippen LogP contribution >= 0.6 is 0 Å². The second-order valence-corrected chi connectivity index (χ2v) is 17.5. The molecular formula is C64H46N4. The van der Waals surface area contributed by atoms with E-state index in [4.69, 9.17) is 10.4 Å². The van der Waals surface area contributed by atoms with E-state index in [2.05, 4.69) is 204 Å². The molecule has 1 aliphatic heterocycles. The molecule has 10 aromatic carbocycles. The minimum Gasteiger partial charge on any atom is -0.345 e. The molecule has 0 saturated carbocycles. The third-order valence-corrected chi connectivity index (χ3v) is 13.6. The lowest BCUT2D eigenvalue weighted by atomic mass is 9.64. The highest BCUT2D eigenvalue weighted by atomic mass is 15.2. The van der Waals surface area contributed by atoms with Crippen molar-refractivity contribution in [1.29, 1.82) is 5.41 Å². The second kappa shape index (κ2) is 17.2. The predicted molar refractivity (Wildman–Crippen MR) is 281 cm³/mol. The number of aliphatic imine (C=N–C) groups is 1. The van der Waals surface area contributed by atoms with Crippen LogP contribution in [-0.2, 0) is 5.41 Å². The van der Waals surface area contributed by atoms with Gasteiger partial charge >= 0.3 is 0 Å². The molecule has 4 heteroatoms. The number of para-hydroxylation sites is 3. The van der Waals surface area contributed by atoms with Gasteiger partial charge in [-0.2, -0.15) is 0 Å². The van der Waals surface area contributed by atoms with Gasteiger partial charge in [0, 0.05) is 17.5 Å². The fourth-order valence-corrected chi connectivity index (χ4v) is 10.5. The maximum absolute atomic E-state index is 8.94. The van der Waals surface area contributed by atoms with Crippen molar-refractivity contribution >= 4 is 29.1 Å². The van der Waals surface area contributed by atoms with Crippen molar-refractivity contribution in [3.8, 4) is 44.5 Å². The summed E-state index contributed by atoms with van der Waals surface area (Å²) in [5.74, 6) is 0.319. The van der Waals surface area contributed by atoms with Crippen LogP contribution in [0, 0.1) is 5.41 Å². The van der Waals surface area contributed by atoms with Gasteiger partial charge in [-0.1, -0.05) is 206 Å². The summed E-state index contributed by atoms with van der Waals surface area (Å²) in [5, 5.41) is 12.3. The van der Waals surface area contributed by atoms with E-state index < -0.39 is 11.6 Å². The van der Waals surface area contributed by atoms with Gasteiger partial charge < -0.3 is 10.2 Å². The second-order valence-electron chi connectivity index (χ2n) is 17.5. The largest absolute Gasteiger partial charge is 0.345 e. The van der Waals surface area contributed by atoms with E-state index in [9.17, 15) is 0 Å². The lowest BCUT2D eigenvalue weighted by Crippen LogP contribution is -2.36. The topological polar surface area (TPSA) is 51.5 Å². The summed E-state index contributed by atoms with van der Waals surface area (Å²) < 4.78 is 0. The first kappa shape index (κ1) is 40.6. The van der Waals surface area contributed by atoms with Crippen molar-refractivity contribution < 1.29 is 0 Å². The Balaban J connectivity index is 0.918. The first-order chi connectivity index (χ1) is 33.6. The number of hydrogen-bond donors (Lipinski definition) is 2. The number of nitrogens with zero attached hydrogens (tertiary/aromatic N) is 2. The lowest BCUT2D eigenvalue weighted by molar-refractivity contribution is 0.685. The Labute approximate surface area is 397 Å². The minimum absolute atomic E-state index is 0.319. The molecule has 1 spiro atoms. The highest BCUT2D eigenvalue weighted by Crippen LogP contribution is 2.63. The lowest BCUT2D eigenvalue weighted by Gasteiger charge is -2.45. The maximum atomic E-state index is 8.94. The molecule has 4 nitrogen and oxygen atoms in total. The van der Waals surface area contributed by atoms with Gasteiger partial charge in [0.2, 0.25) is 0 Å². The Morgan fingerprint density at radius 1 is 0.426 bits per heavy atom. The van der Waals surface area contributed by atoms with Crippen LogP contribution in [0.15, 0.2) is 260 Å². The normalized spacial score (nSPS) is 13.3. The average Bonchev–Trinajstić information content (AvgIpc) is 3.70. The van der Waals surface area contributed by atoms with Gasteiger partial charge in [-0.15, -0.1) is 0 Å². The van der Waals surface area contributed by atoms with Crippen LogP contribution in [0.25, 0.3) is 44.5 Å². The van der Waals surface area contributed by atoms with E-state index in [1.807, 2.05) is 66.9 Å². The Morgan fingerprint density at radius 3 is 1.54 bits per heavy atom. The Hall–Kier alpha value is -8.86. The van der Waals surface area contributed by atoms with Crippen LogP contribution in [0.4, 0.5) is 17.1 Å². The molecule has 1 unspecified atom stereocenters. The van der Waals surface area contributed by atoms with E-state index in [1.165, 1.54) is 50.3 Å². The number of fused-ring (bicyclic) bond motifs is 9. The number of benzene rings is 10. The SMILES string of the molecule is N=C(NC(/N=C/c1ccccc1)c1cccc(-c2cccc(-c3cccc(-c4ccc5c(c4)C4(c6ccccc6-5)c5ccccc5N(c5ccccc5)c5ccccc54)c3)c2)c1)c1ccccc1. The molecule has 10 aromatic rings. The molecule has 1 atom stereocenters. The standard InChI is InChI=1S/C64H46N4/c65-62(45-21-6-2-7-22-45)67-63(66-43-44-19-4-1-5-20-44)52-28-18-27-50(41-52)48-25-16-23-46(39-48)47-24-17-26-49(40-47)51-37-38-55-54-31-10-11-32-56(54)64(59(55)42-51)57-33-12-14-35-60(57)68(53-29-8-3-9-30-53)61-36-15-13-34-58(61)64/h1-43,63H,(H2,65,67)/b66-43+. The zero-order valence-corrected chi connectivity index (χ0v) is 37.3. The summed E-state index contributed by atoms with van der Waals surface area (Å²) in [6, 6.07) is 91.0. The van der Waals surface area contributed by atoms with Gasteiger partial charge in [0.05, 0.1) is 16.8 Å². The number of amidine groups is 1. The first-order valence-corrected chi connectivity index (χ1v) is 23.2. The van der Waals surface area contributed by atoms with E-state index in [0.29, 0.717) is 5.84 Å². The van der Waals surface area contributed by atoms with Crippen LogP contribution in [-0.4, -0.2) is 12.1 Å². The quantitative estimate of drug-likeness (QED) is 0.112. The number of nitrogens with one attached hydrogen (secondary N) is 2. The Morgan fingerprint density at radius 2 is 0.912 bits per heavy atom. The zero-order valence-electron chi connectivity index (χ0n) is 37.3. The molecule has 2 aliphatic rings. The summed E-state index contributed by atoms with van der Waals surface area (Å²) in [7, 11) is 0. The summed E-state index contributed by atoms with van der Waals surface area (Å²) >= 11 is 0. The average molecular weight is 871 g/mol. The van der Waals surface area contributed by atoms with Gasteiger partial charge in [0.25, 0.3) is 0 Å². The van der Waals surface area contributed by atoms with Crippen molar-refractivity contribution in [2.24, 2.45) is 4.99 Å². The van der Waals surface area contributed by atoms with Crippen LogP contribution in [0.5, 0.6) is 0 Å². The number of hydrogen-bond acceptors (Lipinski definition) is 3. The fourth-order valence-electron chi connectivity index (χ4n) is 10.5. The van der Waals surface area contributed by atoms with E-state index in [0.717, 1.165) is 50.2 Å². The third kappa shape index (κ3) is 7.02. The Kier molecular flexibility index (Phi) is 10.3. The Bertz CT molecular complexity index is 3480. The monoisotopic (exact) mass is 870 g/mol. The van der Waals surface area contributed by atoms with Crippen molar-refractivity contribution in [3.63, 3.8) is 0 Å². The van der Waals surface area contributed by atoms with Crippen molar-refractivity contribution in [2.75, 3.05) is 4.90 Å². The van der Waals surface area contributed by atoms with E-state index in [1.54, 1.807) is 0 Å². The van der Waals surface area contributed by atoms with Crippen molar-refractivity contribution in [2.45, 2.75) is 11.6 Å². The van der Waals surface area contributed by atoms with Crippen LogP contribution in [0.1, 0.15) is 45.1 Å². The predicted octanol–water partition coefficient (Wildman–Crippen LogP) is 15.6. The number of rotatable bonds is 9. The maximum Gasteiger partial charge on any atom is 0.145 e. The molecule has 0 amide bonds. The molecule has 322 valence electrons. The molecule has 0 aromatic heterocycles. The molecule has 0 bridgehead atoms. The van der Waals surface area contributed by atoms with Gasteiger partial charge in [0.15, 0.2) is 0 Å². The molecule has 2 N–H and O–H groups in total. The highest BCUT2D eigenvalue weighted by molar-refractivity contribution is 5.98. The molecule has 68 heavy (non-hydrogen) atoms. The van der Waals surface area contributed by atoms with Crippen molar-refractivity contribution in [3.05, 3.63) is 294 Å². The van der Waals surface area contributed by atoms with Gasteiger partial charge in [-0.05, 0) is 126 Å². The first-order valence-electron chi connectivity index (χ1n) is 23.2. The summed E-state index contributed by atoms with van der Waals surface area (Å²) in [6.45, 7) is 0. The van der Waals surface area contributed by atoms with E-state index in [-0.39, 0.29) is 0 Å². The van der Waals surface area contributed by atoms with Crippen molar-refractivity contribution in [1.82, 2.24) is 5.32 Å². The number of anilines is 3. The zero-order chi connectivity index (χ0) is 45.4. The molecular weight excluding hydrogens is 825 g/mol. The molecule has 1 heterocycles. The van der Waals surface area contributed by atoms with E-state index >= 15 is 0 Å². The third-order valence-electron chi connectivity index (χ3n) is 13.6. The molecule has 0 fully saturated rings. The van der Waals surface area contributed by atoms with Crippen LogP contribution in [0.3, 0.4) is 0 Å². The summed E-state index contributed by atoms with van der Waals surface area (Å²) in [5.41, 5.74) is 20.3. The van der Waals surface area contributed by atoms with Gasteiger partial charge in [-0.25, -0.2) is 0 Å². The van der Waals surface area contributed by atoms with Gasteiger partial charge in [0.1, 0.15) is 12.0 Å². The van der Waals surface area contributed by atoms with Crippen LogP contribution < -0.4 is 10.2 Å². The molecule has 12 rings (SSSR count). The van der Waals surface area contributed by atoms with Gasteiger partial charge in [-0.3, -0.25) is 10.4 Å². The smallest absolute Gasteiger partial charge is 0.145 e. The van der Waals surface area contributed by atoms with Crippen LogP contribution in [0.2, 0.25) is 0 Å². The summed E-state index contributed by atoms with van der Waals surface area (Å²) in [6.07, 6.45) is 1.41. The molecule has 1 aliphatic carbocycles. The summed E-state index contributed by atoms with van der Waals surface area (Å²) in [4.78, 5) is 7.42.